The van der Waals surface area contributed by atoms with Gasteiger partial charge >= 0.3 is 0 Å². The van der Waals surface area contributed by atoms with Crippen LogP contribution in [0.2, 0.25) is 0 Å². The zero-order valence-corrected chi connectivity index (χ0v) is 26.3. The Balaban J connectivity index is 1.11. The lowest BCUT2D eigenvalue weighted by molar-refractivity contribution is 0.669. The summed E-state index contributed by atoms with van der Waals surface area (Å²) in [5.41, 5.74) is 12.2. The van der Waals surface area contributed by atoms with Gasteiger partial charge in [-0.3, -0.25) is 0 Å². The molecule has 0 saturated heterocycles. The van der Waals surface area contributed by atoms with Gasteiger partial charge < -0.3 is 9.32 Å². The first-order valence-electron chi connectivity index (χ1n) is 16.3. The van der Waals surface area contributed by atoms with Gasteiger partial charge in [0.1, 0.15) is 11.2 Å². The molecule has 0 spiro atoms. The van der Waals surface area contributed by atoms with Crippen molar-refractivity contribution in [3.05, 3.63) is 188 Å². The van der Waals surface area contributed by atoms with Crippen LogP contribution in [0.5, 0.6) is 0 Å². The lowest BCUT2D eigenvalue weighted by Gasteiger charge is -2.26. The molecule has 0 amide bonds. The topological polar surface area (TPSA) is 16.4 Å². The Morgan fingerprint density at radius 3 is 1.44 bits per heavy atom. The lowest BCUT2D eigenvalue weighted by atomic mass is 10.0. The maximum absolute atomic E-state index is 6.27. The third-order valence-electron chi connectivity index (χ3n) is 9.24. The second kappa shape index (κ2) is 11.8. The van der Waals surface area contributed by atoms with Crippen molar-refractivity contribution < 1.29 is 4.42 Å². The van der Waals surface area contributed by atoms with Crippen molar-refractivity contribution in [1.82, 2.24) is 0 Å². The first kappa shape index (κ1) is 27.9. The molecule has 1 aromatic heterocycles. The SMILES string of the molecule is c1ccc(-c2ccc(N(c3ccc(-c4ccc5oc6cc7ccccc7cc6c5c4)cc3)c3cccc(-c4ccccc4)c3)cc2)cc1. The van der Waals surface area contributed by atoms with Crippen molar-refractivity contribution in [2.45, 2.75) is 0 Å². The molecule has 9 rings (SSSR count). The zero-order valence-electron chi connectivity index (χ0n) is 26.3. The molecule has 2 nitrogen and oxygen atoms in total. The van der Waals surface area contributed by atoms with E-state index in [9.17, 15) is 0 Å². The third-order valence-corrected chi connectivity index (χ3v) is 9.24. The Labute approximate surface area is 279 Å². The van der Waals surface area contributed by atoms with Crippen molar-refractivity contribution in [3.8, 4) is 33.4 Å². The van der Waals surface area contributed by atoms with Crippen LogP contribution in [-0.2, 0) is 0 Å². The first-order chi connectivity index (χ1) is 23.8. The fraction of sp³-hybridized carbons (Fsp3) is 0. The molecule has 1 heterocycles. The van der Waals surface area contributed by atoms with E-state index >= 15 is 0 Å². The van der Waals surface area contributed by atoms with Gasteiger partial charge in [0, 0.05) is 27.8 Å². The van der Waals surface area contributed by atoms with E-state index in [1.54, 1.807) is 0 Å². The number of furan rings is 1. The molecule has 9 aromatic rings. The smallest absolute Gasteiger partial charge is 0.136 e. The van der Waals surface area contributed by atoms with E-state index in [4.69, 9.17) is 4.42 Å². The molecule has 0 aliphatic heterocycles. The number of rotatable bonds is 6. The van der Waals surface area contributed by atoms with E-state index in [1.807, 2.05) is 0 Å². The van der Waals surface area contributed by atoms with Crippen molar-refractivity contribution in [2.24, 2.45) is 0 Å². The molecule has 0 unspecified atom stereocenters. The van der Waals surface area contributed by atoms with Crippen molar-refractivity contribution in [2.75, 3.05) is 4.90 Å². The molecule has 0 aliphatic carbocycles. The lowest BCUT2D eigenvalue weighted by Crippen LogP contribution is -2.10. The summed E-state index contributed by atoms with van der Waals surface area (Å²) in [6.07, 6.45) is 0. The highest BCUT2D eigenvalue weighted by atomic mass is 16.3. The van der Waals surface area contributed by atoms with E-state index < -0.39 is 0 Å². The number of nitrogens with zero attached hydrogens (tertiary/aromatic N) is 1. The molecule has 226 valence electrons. The normalized spacial score (nSPS) is 11.3. The Morgan fingerprint density at radius 1 is 0.292 bits per heavy atom. The van der Waals surface area contributed by atoms with Gasteiger partial charge in [0.15, 0.2) is 0 Å². The molecular formula is C46H31NO. The van der Waals surface area contributed by atoms with E-state index in [0.29, 0.717) is 0 Å². The Bertz CT molecular complexity index is 2530. The molecule has 0 atom stereocenters. The van der Waals surface area contributed by atoms with Gasteiger partial charge in [-0.05, 0) is 105 Å². The fourth-order valence-electron chi connectivity index (χ4n) is 6.78. The molecule has 2 heteroatoms. The number of benzene rings is 8. The molecule has 0 bridgehead atoms. The Hall–Kier alpha value is -6.38. The predicted molar refractivity (Wildman–Crippen MR) is 202 cm³/mol. The minimum Gasteiger partial charge on any atom is -0.456 e. The average Bonchev–Trinajstić information content (AvgIpc) is 3.52. The molecule has 0 aliphatic rings. The molecule has 0 N–H and O–H groups in total. The highest BCUT2D eigenvalue weighted by Gasteiger charge is 2.15. The van der Waals surface area contributed by atoms with E-state index in [1.165, 1.54) is 33.0 Å². The van der Waals surface area contributed by atoms with Crippen molar-refractivity contribution in [1.29, 1.82) is 0 Å². The summed E-state index contributed by atoms with van der Waals surface area (Å²) in [5.74, 6) is 0. The summed E-state index contributed by atoms with van der Waals surface area (Å²) in [6, 6.07) is 67.0. The summed E-state index contributed by atoms with van der Waals surface area (Å²) in [6.45, 7) is 0. The van der Waals surface area contributed by atoms with Crippen LogP contribution in [0.3, 0.4) is 0 Å². The van der Waals surface area contributed by atoms with Gasteiger partial charge in [-0.1, -0.05) is 127 Å². The van der Waals surface area contributed by atoms with Gasteiger partial charge in [0.25, 0.3) is 0 Å². The molecular weight excluding hydrogens is 583 g/mol. The quantitative estimate of drug-likeness (QED) is 0.185. The van der Waals surface area contributed by atoms with Gasteiger partial charge in [-0.25, -0.2) is 0 Å². The van der Waals surface area contributed by atoms with E-state index in [0.717, 1.165) is 50.1 Å². The number of anilines is 3. The Morgan fingerprint density at radius 2 is 0.771 bits per heavy atom. The Kier molecular flexibility index (Phi) is 6.84. The highest BCUT2D eigenvalue weighted by molar-refractivity contribution is 6.11. The van der Waals surface area contributed by atoms with Crippen LogP contribution < -0.4 is 4.90 Å². The first-order valence-corrected chi connectivity index (χ1v) is 16.3. The summed E-state index contributed by atoms with van der Waals surface area (Å²) in [7, 11) is 0. The average molecular weight is 614 g/mol. The minimum absolute atomic E-state index is 0.907. The maximum Gasteiger partial charge on any atom is 0.136 e. The largest absolute Gasteiger partial charge is 0.456 e. The van der Waals surface area contributed by atoms with Gasteiger partial charge in [0.05, 0.1) is 0 Å². The molecule has 48 heavy (non-hydrogen) atoms. The zero-order chi connectivity index (χ0) is 31.9. The molecule has 0 saturated carbocycles. The second-order valence-corrected chi connectivity index (χ2v) is 12.2. The number of hydrogen-bond donors (Lipinski definition) is 0. The third kappa shape index (κ3) is 5.10. The van der Waals surface area contributed by atoms with Gasteiger partial charge in [-0.15, -0.1) is 0 Å². The predicted octanol–water partition coefficient (Wildman–Crippen LogP) is 13.2. The van der Waals surface area contributed by atoms with Crippen LogP contribution in [0, 0.1) is 0 Å². The summed E-state index contributed by atoms with van der Waals surface area (Å²) in [5, 5.41) is 4.69. The van der Waals surface area contributed by atoms with Gasteiger partial charge in [-0.2, -0.15) is 0 Å². The van der Waals surface area contributed by atoms with Crippen LogP contribution in [0.25, 0.3) is 66.1 Å². The van der Waals surface area contributed by atoms with Crippen molar-refractivity contribution >= 4 is 49.8 Å². The highest BCUT2D eigenvalue weighted by Crippen LogP contribution is 2.39. The fourth-order valence-corrected chi connectivity index (χ4v) is 6.78. The van der Waals surface area contributed by atoms with Crippen LogP contribution in [-0.4, -0.2) is 0 Å². The molecule has 0 radical (unpaired) electrons. The monoisotopic (exact) mass is 613 g/mol. The van der Waals surface area contributed by atoms with Crippen molar-refractivity contribution in [3.63, 3.8) is 0 Å². The maximum atomic E-state index is 6.27. The van der Waals surface area contributed by atoms with E-state index in [-0.39, 0.29) is 0 Å². The summed E-state index contributed by atoms with van der Waals surface area (Å²) >= 11 is 0. The molecule has 8 aromatic carbocycles. The summed E-state index contributed by atoms with van der Waals surface area (Å²) < 4.78 is 6.27. The van der Waals surface area contributed by atoms with Crippen LogP contribution in [0.1, 0.15) is 0 Å². The molecule has 0 fully saturated rings. The van der Waals surface area contributed by atoms with E-state index in [2.05, 4.69) is 193 Å². The minimum atomic E-state index is 0.907. The van der Waals surface area contributed by atoms with Crippen LogP contribution in [0.4, 0.5) is 17.1 Å². The number of fused-ring (bicyclic) bond motifs is 4. The standard InChI is InChI=1S/C46H31NO/c1-3-10-32(11-4-1)34-18-23-40(24-19-34)47(42-17-9-16-36(28-42)33-12-5-2-6-13-33)41-25-20-35(21-26-41)39-22-27-45-43(30-39)44-29-37-14-7-8-15-38(37)31-46(44)48-45/h1-31H. The summed E-state index contributed by atoms with van der Waals surface area (Å²) in [4.78, 5) is 2.34. The second-order valence-electron chi connectivity index (χ2n) is 12.2. The van der Waals surface area contributed by atoms with Crippen LogP contribution in [0.15, 0.2) is 192 Å². The van der Waals surface area contributed by atoms with Crippen LogP contribution >= 0.6 is 0 Å². The number of hydrogen-bond acceptors (Lipinski definition) is 2. The van der Waals surface area contributed by atoms with Gasteiger partial charge in [0.2, 0.25) is 0 Å².